The number of sulfonamides is 1. The molecule has 0 aliphatic carbocycles. The summed E-state index contributed by atoms with van der Waals surface area (Å²) in [6, 6.07) is 9.69. The predicted molar refractivity (Wildman–Crippen MR) is 96.1 cm³/mol. The van der Waals surface area contributed by atoms with Gasteiger partial charge in [0.15, 0.2) is 5.76 Å². The molecule has 0 bridgehead atoms. The summed E-state index contributed by atoms with van der Waals surface area (Å²) >= 11 is 1.10. The normalized spacial score (nSPS) is 11.3. The first kappa shape index (κ1) is 17.2. The Labute approximate surface area is 148 Å². The predicted octanol–water partition coefficient (Wildman–Crippen LogP) is 3.47. The second kappa shape index (κ2) is 6.69. The van der Waals surface area contributed by atoms with Gasteiger partial charge in [0, 0.05) is 35.3 Å². The Balaban J connectivity index is 1.78. The van der Waals surface area contributed by atoms with E-state index in [4.69, 9.17) is 4.52 Å². The monoisotopic (exact) mass is 377 g/mol. The molecule has 0 atom stereocenters. The first-order chi connectivity index (χ1) is 11.8. The molecule has 2 heterocycles. The van der Waals surface area contributed by atoms with Crippen molar-refractivity contribution < 1.29 is 17.7 Å². The van der Waals surface area contributed by atoms with E-state index in [1.807, 2.05) is 0 Å². The first-order valence-electron chi connectivity index (χ1n) is 7.26. The summed E-state index contributed by atoms with van der Waals surface area (Å²) in [6.07, 6.45) is 0. The third-order valence-corrected chi connectivity index (χ3v) is 6.03. The van der Waals surface area contributed by atoms with E-state index in [0.717, 1.165) is 17.0 Å². The molecule has 0 aliphatic heterocycles. The van der Waals surface area contributed by atoms with Crippen LogP contribution in [0.4, 0.5) is 11.4 Å². The van der Waals surface area contributed by atoms with Gasteiger partial charge in [0.25, 0.3) is 10.0 Å². The third-order valence-electron chi connectivity index (χ3n) is 3.21. The number of aromatic nitrogens is 1. The molecule has 0 saturated carbocycles. The van der Waals surface area contributed by atoms with Gasteiger partial charge in [-0.3, -0.25) is 9.52 Å². The minimum atomic E-state index is -3.71. The highest BCUT2D eigenvalue weighted by Crippen LogP contribution is 2.30. The lowest BCUT2D eigenvalue weighted by Gasteiger charge is -2.07. The highest BCUT2D eigenvalue weighted by molar-refractivity contribution is 7.94. The fraction of sp³-hybridized carbons (Fsp3) is 0.125. The molecule has 0 saturated heterocycles. The van der Waals surface area contributed by atoms with Gasteiger partial charge in [0.05, 0.1) is 5.69 Å². The van der Waals surface area contributed by atoms with Crippen molar-refractivity contribution in [3.8, 4) is 11.3 Å². The van der Waals surface area contributed by atoms with E-state index in [0.29, 0.717) is 22.7 Å². The highest BCUT2D eigenvalue weighted by Gasteiger charge is 2.18. The Morgan fingerprint density at radius 3 is 2.44 bits per heavy atom. The Hall–Kier alpha value is -2.65. The molecule has 9 heteroatoms. The zero-order valence-corrected chi connectivity index (χ0v) is 15.1. The maximum absolute atomic E-state index is 12.5. The zero-order chi connectivity index (χ0) is 18.0. The summed E-state index contributed by atoms with van der Waals surface area (Å²) in [7, 11) is -3.71. The number of rotatable bonds is 5. The summed E-state index contributed by atoms with van der Waals surface area (Å²) < 4.78 is 32.8. The van der Waals surface area contributed by atoms with Gasteiger partial charge >= 0.3 is 0 Å². The molecule has 1 amide bonds. The second-order valence-electron chi connectivity index (χ2n) is 5.35. The quantitative estimate of drug-likeness (QED) is 0.709. The van der Waals surface area contributed by atoms with Crippen LogP contribution in [0.5, 0.6) is 0 Å². The maximum atomic E-state index is 12.5. The van der Waals surface area contributed by atoms with Crippen molar-refractivity contribution in [2.24, 2.45) is 0 Å². The summed E-state index contributed by atoms with van der Waals surface area (Å²) in [4.78, 5) is 11.0. The fourth-order valence-electron chi connectivity index (χ4n) is 2.12. The number of hydrogen-bond donors (Lipinski definition) is 2. The molecule has 0 aliphatic rings. The average Bonchev–Trinajstić information content (AvgIpc) is 3.17. The van der Waals surface area contributed by atoms with Gasteiger partial charge in [-0.15, -0.1) is 11.3 Å². The first-order valence-corrected chi connectivity index (χ1v) is 9.62. The van der Waals surface area contributed by atoms with Crippen LogP contribution in [0, 0.1) is 6.92 Å². The summed E-state index contributed by atoms with van der Waals surface area (Å²) in [5.74, 6) is 0.331. The second-order valence-corrected chi connectivity index (χ2v) is 8.17. The number of benzene rings is 1. The number of carbonyl (C=O) groups is 1. The Bertz CT molecular complexity index is 1000. The van der Waals surface area contributed by atoms with Crippen LogP contribution in [0.15, 0.2) is 50.5 Å². The van der Waals surface area contributed by atoms with Crippen LogP contribution < -0.4 is 10.0 Å². The summed E-state index contributed by atoms with van der Waals surface area (Å²) in [5.41, 5.74) is 2.38. The molecule has 7 nitrogen and oxygen atoms in total. The van der Waals surface area contributed by atoms with Crippen LogP contribution in [0.2, 0.25) is 0 Å². The smallest absolute Gasteiger partial charge is 0.271 e. The van der Waals surface area contributed by atoms with Gasteiger partial charge in [0.1, 0.15) is 4.21 Å². The minimum absolute atomic E-state index is 0.169. The van der Waals surface area contributed by atoms with E-state index in [9.17, 15) is 13.2 Å². The highest BCUT2D eigenvalue weighted by atomic mass is 32.2. The van der Waals surface area contributed by atoms with Crippen LogP contribution in [-0.2, 0) is 14.8 Å². The van der Waals surface area contributed by atoms with Crippen LogP contribution >= 0.6 is 11.3 Å². The van der Waals surface area contributed by atoms with Crippen molar-refractivity contribution in [2.75, 3.05) is 10.0 Å². The fourth-order valence-corrected chi connectivity index (χ4v) is 4.34. The maximum Gasteiger partial charge on any atom is 0.271 e. The Kier molecular flexibility index (Phi) is 4.60. The number of amides is 1. The Morgan fingerprint density at radius 1 is 1.16 bits per heavy atom. The SMILES string of the molecule is CC(=O)Nc1ccc(NS(=O)(=O)c2cc(-c3cc(C)no3)cs2)cc1. The number of hydrogen-bond acceptors (Lipinski definition) is 6. The number of aryl methyl sites for hydroxylation is 1. The lowest BCUT2D eigenvalue weighted by atomic mass is 10.2. The lowest BCUT2D eigenvalue weighted by molar-refractivity contribution is -0.114. The summed E-state index contributed by atoms with van der Waals surface area (Å²) in [5, 5.41) is 8.12. The molecule has 25 heavy (non-hydrogen) atoms. The molecule has 2 N–H and O–H groups in total. The minimum Gasteiger partial charge on any atom is -0.356 e. The van der Waals surface area contributed by atoms with Crippen LogP contribution in [0.3, 0.4) is 0 Å². The van der Waals surface area contributed by atoms with Gasteiger partial charge < -0.3 is 9.84 Å². The zero-order valence-electron chi connectivity index (χ0n) is 13.4. The van der Waals surface area contributed by atoms with Gasteiger partial charge in [-0.1, -0.05) is 5.16 Å². The van der Waals surface area contributed by atoms with Crippen molar-refractivity contribution in [2.45, 2.75) is 18.1 Å². The van der Waals surface area contributed by atoms with Gasteiger partial charge in [0.2, 0.25) is 5.91 Å². The van der Waals surface area contributed by atoms with E-state index in [2.05, 4.69) is 15.2 Å². The number of anilines is 2. The van der Waals surface area contributed by atoms with E-state index in [1.54, 1.807) is 48.7 Å². The number of nitrogens with zero attached hydrogens (tertiary/aromatic N) is 1. The van der Waals surface area contributed by atoms with Crippen molar-refractivity contribution in [1.82, 2.24) is 5.16 Å². The van der Waals surface area contributed by atoms with Crippen LogP contribution in [-0.4, -0.2) is 19.5 Å². The van der Waals surface area contributed by atoms with Gasteiger partial charge in [-0.25, -0.2) is 8.42 Å². The summed E-state index contributed by atoms with van der Waals surface area (Å²) in [6.45, 7) is 3.20. The third kappa shape index (κ3) is 4.06. The average molecular weight is 377 g/mol. The number of carbonyl (C=O) groups excluding carboxylic acids is 1. The number of nitrogens with one attached hydrogen (secondary N) is 2. The molecular weight excluding hydrogens is 362 g/mol. The topological polar surface area (TPSA) is 101 Å². The molecule has 3 aromatic rings. The van der Waals surface area contributed by atoms with Crippen molar-refractivity contribution >= 4 is 38.6 Å². The Morgan fingerprint density at radius 2 is 1.84 bits per heavy atom. The molecule has 0 spiro atoms. The van der Waals surface area contributed by atoms with Crippen molar-refractivity contribution in [3.63, 3.8) is 0 Å². The molecule has 0 unspecified atom stereocenters. The van der Waals surface area contributed by atoms with Crippen molar-refractivity contribution in [3.05, 3.63) is 47.5 Å². The van der Waals surface area contributed by atoms with Crippen LogP contribution in [0.25, 0.3) is 11.3 Å². The van der Waals surface area contributed by atoms with E-state index >= 15 is 0 Å². The largest absolute Gasteiger partial charge is 0.356 e. The van der Waals surface area contributed by atoms with E-state index in [1.165, 1.54) is 6.92 Å². The molecular formula is C16H15N3O4S2. The van der Waals surface area contributed by atoms with Gasteiger partial charge in [-0.2, -0.15) is 0 Å². The molecule has 0 fully saturated rings. The molecule has 1 aromatic carbocycles. The molecule has 130 valence electrons. The number of thiophene rings is 1. The standard InChI is InChI=1S/C16H15N3O4S2/c1-10-7-15(23-18-10)12-8-16(24-9-12)25(21,22)19-14-5-3-13(4-6-14)17-11(2)20/h3-9,19H,1-2H3,(H,17,20). The molecule has 0 radical (unpaired) electrons. The van der Waals surface area contributed by atoms with Crippen molar-refractivity contribution in [1.29, 1.82) is 0 Å². The van der Waals surface area contributed by atoms with E-state index < -0.39 is 10.0 Å². The lowest BCUT2D eigenvalue weighted by Crippen LogP contribution is -2.11. The molecule has 2 aromatic heterocycles. The van der Waals surface area contributed by atoms with Crippen LogP contribution in [0.1, 0.15) is 12.6 Å². The van der Waals surface area contributed by atoms with E-state index in [-0.39, 0.29) is 10.1 Å². The molecule has 3 rings (SSSR count). The van der Waals surface area contributed by atoms with Gasteiger partial charge in [-0.05, 0) is 37.3 Å².